The summed E-state index contributed by atoms with van der Waals surface area (Å²) in [6, 6.07) is 3.65. The number of esters is 1. The second-order valence-electron chi connectivity index (χ2n) is 5.52. The van der Waals surface area contributed by atoms with Crippen molar-refractivity contribution in [2.75, 3.05) is 6.61 Å². The van der Waals surface area contributed by atoms with Crippen LogP contribution in [-0.2, 0) is 16.5 Å². The number of carbonyl (C=O) groups excluding carboxylic acids is 1. The highest BCUT2D eigenvalue weighted by Crippen LogP contribution is 2.50. The number of ether oxygens (including phenoxy) is 2. The van der Waals surface area contributed by atoms with Crippen molar-refractivity contribution in [3.05, 3.63) is 24.0 Å². The van der Waals surface area contributed by atoms with Gasteiger partial charge in [-0.2, -0.15) is 0 Å². The van der Waals surface area contributed by atoms with Crippen molar-refractivity contribution in [1.82, 2.24) is 4.57 Å². The van der Waals surface area contributed by atoms with Crippen molar-refractivity contribution in [1.29, 1.82) is 0 Å². The van der Waals surface area contributed by atoms with Crippen LogP contribution < -0.4 is 0 Å². The molecule has 1 aliphatic carbocycles. The highest BCUT2D eigenvalue weighted by molar-refractivity contribution is 5.87. The number of hydrogen-bond donors (Lipinski definition) is 0. The third kappa shape index (κ3) is 2.37. The van der Waals surface area contributed by atoms with E-state index in [0.29, 0.717) is 12.3 Å². The van der Waals surface area contributed by atoms with Gasteiger partial charge in [-0.15, -0.1) is 0 Å². The summed E-state index contributed by atoms with van der Waals surface area (Å²) < 4.78 is 13.3. The molecule has 1 aromatic heterocycles. The van der Waals surface area contributed by atoms with Gasteiger partial charge in [0.15, 0.2) is 0 Å². The molecule has 0 amide bonds. The maximum absolute atomic E-state index is 12.2. The first kappa shape index (κ1) is 15.1. The fourth-order valence-corrected chi connectivity index (χ4v) is 3.33. The lowest BCUT2D eigenvalue weighted by atomic mass is 9.60. The van der Waals surface area contributed by atoms with Crippen LogP contribution in [0.5, 0.6) is 0 Å². The van der Waals surface area contributed by atoms with Crippen molar-refractivity contribution >= 4 is 5.97 Å². The topological polar surface area (TPSA) is 40.5 Å². The number of aromatic nitrogens is 1. The number of nitrogens with zero attached hydrogens (tertiary/aromatic N) is 1. The molecule has 0 saturated heterocycles. The van der Waals surface area contributed by atoms with Crippen LogP contribution in [0, 0.1) is 5.41 Å². The molecule has 0 aliphatic heterocycles. The van der Waals surface area contributed by atoms with Gasteiger partial charge < -0.3 is 14.0 Å². The van der Waals surface area contributed by atoms with Gasteiger partial charge in [0.25, 0.3) is 0 Å². The molecule has 0 spiro atoms. The third-order valence-corrected chi connectivity index (χ3v) is 4.80. The second kappa shape index (κ2) is 6.00. The zero-order chi connectivity index (χ0) is 14.8. The average molecular weight is 279 g/mol. The molecule has 1 aliphatic rings. The third-order valence-electron chi connectivity index (χ3n) is 4.80. The monoisotopic (exact) mass is 279 g/mol. The molecule has 0 radical (unpaired) electrons. The van der Waals surface area contributed by atoms with Crippen LogP contribution >= 0.6 is 0 Å². The molecule has 1 aromatic rings. The summed E-state index contributed by atoms with van der Waals surface area (Å²) in [6.45, 7) is 7.03. The van der Waals surface area contributed by atoms with Crippen LogP contribution in [0.15, 0.2) is 18.3 Å². The van der Waals surface area contributed by atoms with E-state index in [1.165, 1.54) is 0 Å². The summed E-state index contributed by atoms with van der Waals surface area (Å²) in [5.41, 5.74) is 0.586. The number of rotatable bonds is 6. The summed E-state index contributed by atoms with van der Waals surface area (Å²) in [5, 5.41) is 0. The van der Waals surface area contributed by atoms with E-state index in [4.69, 9.17) is 9.47 Å². The van der Waals surface area contributed by atoms with Gasteiger partial charge in [-0.3, -0.25) is 0 Å². The minimum Gasteiger partial charge on any atom is -0.457 e. The summed E-state index contributed by atoms with van der Waals surface area (Å²) >= 11 is 0. The lowest BCUT2D eigenvalue weighted by molar-refractivity contribution is -0.195. The van der Waals surface area contributed by atoms with Crippen LogP contribution in [-0.4, -0.2) is 29.4 Å². The second-order valence-corrected chi connectivity index (χ2v) is 5.52. The van der Waals surface area contributed by atoms with E-state index in [0.717, 1.165) is 19.3 Å². The Morgan fingerprint density at radius 2 is 2.05 bits per heavy atom. The Balaban J connectivity index is 2.06. The Labute approximate surface area is 121 Å². The first-order chi connectivity index (χ1) is 9.58. The van der Waals surface area contributed by atoms with Crippen molar-refractivity contribution in [2.24, 2.45) is 12.5 Å². The molecule has 20 heavy (non-hydrogen) atoms. The molecule has 0 aromatic carbocycles. The summed E-state index contributed by atoms with van der Waals surface area (Å²) in [7, 11) is 1.85. The molecule has 0 N–H and O–H groups in total. The Hall–Kier alpha value is -1.29. The molecular weight excluding hydrogens is 254 g/mol. The lowest BCUT2D eigenvalue weighted by Gasteiger charge is -2.54. The van der Waals surface area contributed by atoms with E-state index in [-0.39, 0.29) is 23.6 Å². The van der Waals surface area contributed by atoms with Gasteiger partial charge in [-0.25, -0.2) is 4.79 Å². The molecule has 0 bridgehead atoms. The first-order valence-corrected chi connectivity index (χ1v) is 7.52. The minimum absolute atomic E-state index is 0.0170. The highest BCUT2D eigenvalue weighted by Gasteiger charge is 2.55. The Morgan fingerprint density at radius 3 is 2.55 bits per heavy atom. The van der Waals surface area contributed by atoms with Crippen molar-refractivity contribution in [2.45, 2.75) is 52.2 Å². The first-order valence-electron chi connectivity index (χ1n) is 7.52. The number of aryl methyl sites for hydroxylation is 1. The van der Waals surface area contributed by atoms with Crippen LogP contribution in [0.3, 0.4) is 0 Å². The maximum atomic E-state index is 12.2. The van der Waals surface area contributed by atoms with Gasteiger partial charge >= 0.3 is 5.97 Å². The van der Waals surface area contributed by atoms with E-state index in [2.05, 4.69) is 13.8 Å². The lowest BCUT2D eigenvalue weighted by Crippen LogP contribution is -2.59. The van der Waals surface area contributed by atoms with E-state index in [1.54, 1.807) is 10.6 Å². The molecule has 1 saturated carbocycles. The average Bonchev–Trinajstić information content (AvgIpc) is 2.85. The Bertz CT molecular complexity index is 462. The van der Waals surface area contributed by atoms with Crippen molar-refractivity contribution < 1.29 is 14.3 Å². The fraction of sp³-hybridized carbons (Fsp3) is 0.688. The maximum Gasteiger partial charge on any atom is 0.355 e. The van der Waals surface area contributed by atoms with Crippen molar-refractivity contribution in [3.8, 4) is 0 Å². The molecule has 112 valence electrons. The molecule has 1 fully saturated rings. The van der Waals surface area contributed by atoms with Gasteiger partial charge in [-0.05, 0) is 31.9 Å². The smallest absolute Gasteiger partial charge is 0.355 e. The summed E-state index contributed by atoms with van der Waals surface area (Å²) in [4.78, 5) is 12.2. The molecule has 2 rings (SSSR count). The molecule has 0 unspecified atom stereocenters. The molecule has 4 nitrogen and oxygen atoms in total. The SMILES string of the molecule is CCO[C@H]1C[C@@H](OC(=O)c2cccn2C)C1(CC)CC. The fourth-order valence-electron chi connectivity index (χ4n) is 3.33. The predicted molar refractivity (Wildman–Crippen MR) is 77.7 cm³/mol. The Kier molecular flexibility index (Phi) is 4.53. The van der Waals surface area contributed by atoms with E-state index in [9.17, 15) is 4.79 Å². The van der Waals surface area contributed by atoms with Crippen LogP contribution in [0.1, 0.15) is 50.5 Å². The zero-order valence-corrected chi connectivity index (χ0v) is 12.9. The number of hydrogen-bond acceptors (Lipinski definition) is 3. The van der Waals surface area contributed by atoms with Crippen LogP contribution in [0.4, 0.5) is 0 Å². The quantitative estimate of drug-likeness (QED) is 0.751. The molecule has 2 atom stereocenters. The van der Waals surface area contributed by atoms with Crippen LogP contribution in [0.25, 0.3) is 0 Å². The van der Waals surface area contributed by atoms with E-state index < -0.39 is 0 Å². The van der Waals surface area contributed by atoms with Gasteiger partial charge in [-0.1, -0.05) is 13.8 Å². The zero-order valence-electron chi connectivity index (χ0n) is 12.9. The highest BCUT2D eigenvalue weighted by atomic mass is 16.6. The molecule has 1 heterocycles. The Morgan fingerprint density at radius 1 is 1.35 bits per heavy atom. The van der Waals surface area contributed by atoms with E-state index in [1.807, 2.05) is 26.2 Å². The van der Waals surface area contributed by atoms with Gasteiger partial charge in [0.05, 0.1) is 6.10 Å². The summed E-state index contributed by atoms with van der Waals surface area (Å²) in [5.74, 6) is -0.233. The molecule has 4 heteroatoms. The van der Waals surface area contributed by atoms with Crippen LogP contribution in [0.2, 0.25) is 0 Å². The van der Waals surface area contributed by atoms with Crippen molar-refractivity contribution in [3.63, 3.8) is 0 Å². The van der Waals surface area contributed by atoms with Gasteiger partial charge in [0, 0.05) is 31.7 Å². The molecular formula is C16H25NO3. The minimum atomic E-state index is -0.233. The largest absolute Gasteiger partial charge is 0.457 e. The predicted octanol–water partition coefficient (Wildman–Crippen LogP) is 3.17. The number of carbonyl (C=O) groups is 1. The normalized spacial score (nSPS) is 24.2. The standard InChI is InChI=1S/C16H25NO3/c1-5-16(6-2)13(19-7-3)11-14(16)20-15(18)12-9-8-10-17(12)4/h8-10,13-14H,5-7,11H2,1-4H3/t13-,14+/m0/s1. The van der Waals surface area contributed by atoms with E-state index >= 15 is 0 Å². The van der Waals surface area contributed by atoms with Gasteiger partial charge in [0.2, 0.25) is 0 Å². The van der Waals surface area contributed by atoms with Gasteiger partial charge in [0.1, 0.15) is 11.8 Å². The summed E-state index contributed by atoms with van der Waals surface area (Å²) in [6.07, 6.45) is 4.79.